The zero-order valence-electron chi connectivity index (χ0n) is 11.9. The van der Waals surface area contributed by atoms with Gasteiger partial charge in [0.25, 0.3) is 5.91 Å². The van der Waals surface area contributed by atoms with Crippen LogP contribution >= 0.6 is 11.3 Å². The first-order valence-electron chi connectivity index (χ1n) is 7.11. The number of hydrogen-bond acceptors (Lipinski definition) is 5. The van der Waals surface area contributed by atoms with Crippen molar-refractivity contribution in [3.63, 3.8) is 0 Å². The Kier molecular flexibility index (Phi) is 4.43. The molecular formula is C15H16N4O2S. The third kappa shape index (κ3) is 3.88. The van der Waals surface area contributed by atoms with E-state index in [9.17, 15) is 9.59 Å². The van der Waals surface area contributed by atoms with Gasteiger partial charge in [0.2, 0.25) is 5.91 Å². The topological polar surface area (TPSA) is 75.2 Å². The molecule has 0 aliphatic heterocycles. The van der Waals surface area contributed by atoms with Gasteiger partial charge in [0.15, 0.2) is 5.13 Å². The summed E-state index contributed by atoms with van der Waals surface area (Å²) in [4.78, 5) is 34.2. The number of anilines is 1. The van der Waals surface area contributed by atoms with E-state index >= 15 is 0 Å². The maximum absolute atomic E-state index is 12.6. The monoisotopic (exact) mass is 316 g/mol. The van der Waals surface area contributed by atoms with E-state index in [0.29, 0.717) is 23.2 Å². The Balaban J connectivity index is 1.66. The lowest BCUT2D eigenvalue weighted by atomic mass is 10.2. The standard InChI is InChI=1S/C15H16N4O2S/c20-13(18-15-17-7-8-22-15)10-19(9-11-1-2-11)14(21)12-3-5-16-6-4-12/h3-8,11H,1-2,9-10H2,(H,17,18,20). The van der Waals surface area contributed by atoms with E-state index in [-0.39, 0.29) is 18.4 Å². The SMILES string of the molecule is O=C(CN(CC1CC1)C(=O)c1ccncc1)Nc1nccs1. The fourth-order valence-corrected chi connectivity index (χ4v) is 2.67. The van der Waals surface area contributed by atoms with Crippen molar-refractivity contribution in [2.75, 3.05) is 18.4 Å². The summed E-state index contributed by atoms with van der Waals surface area (Å²) in [5.41, 5.74) is 0.553. The van der Waals surface area contributed by atoms with Crippen LogP contribution in [0.2, 0.25) is 0 Å². The molecule has 3 rings (SSSR count). The minimum atomic E-state index is -0.224. The molecule has 1 fully saturated rings. The number of pyridine rings is 1. The number of amides is 2. The molecule has 114 valence electrons. The molecular weight excluding hydrogens is 300 g/mol. The fourth-order valence-electron chi connectivity index (χ4n) is 2.13. The number of rotatable bonds is 6. The normalized spacial score (nSPS) is 13.6. The van der Waals surface area contributed by atoms with Gasteiger partial charge in [-0.1, -0.05) is 0 Å². The molecule has 0 unspecified atom stereocenters. The second kappa shape index (κ2) is 6.65. The zero-order valence-corrected chi connectivity index (χ0v) is 12.8. The Morgan fingerprint density at radius 1 is 1.27 bits per heavy atom. The first-order valence-corrected chi connectivity index (χ1v) is 7.99. The highest BCUT2D eigenvalue weighted by atomic mass is 32.1. The lowest BCUT2D eigenvalue weighted by molar-refractivity contribution is -0.116. The first kappa shape index (κ1) is 14.6. The van der Waals surface area contributed by atoms with Crippen LogP contribution in [-0.2, 0) is 4.79 Å². The van der Waals surface area contributed by atoms with Crippen molar-refractivity contribution < 1.29 is 9.59 Å². The summed E-state index contributed by atoms with van der Waals surface area (Å²) in [7, 11) is 0. The number of nitrogens with zero attached hydrogens (tertiary/aromatic N) is 3. The molecule has 7 heteroatoms. The molecule has 1 aliphatic rings. The van der Waals surface area contributed by atoms with E-state index < -0.39 is 0 Å². The molecule has 1 aliphatic carbocycles. The summed E-state index contributed by atoms with van der Waals surface area (Å²) in [5, 5.41) is 5.05. The van der Waals surface area contributed by atoms with E-state index in [1.807, 2.05) is 0 Å². The molecule has 2 aromatic heterocycles. The molecule has 0 radical (unpaired) electrons. The number of nitrogens with one attached hydrogen (secondary N) is 1. The van der Waals surface area contributed by atoms with Gasteiger partial charge in [0, 0.05) is 36.1 Å². The van der Waals surface area contributed by atoms with E-state index in [0.717, 1.165) is 12.8 Å². The maximum Gasteiger partial charge on any atom is 0.254 e. The van der Waals surface area contributed by atoms with Crippen molar-refractivity contribution in [2.24, 2.45) is 5.92 Å². The number of carbonyl (C=O) groups is 2. The molecule has 1 saturated carbocycles. The summed E-state index contributed by atoms with van der Waals surface area (Å²) < 4.78 is 0. The van der Waals surface area contributed by atoms with Gasteiger partial charge >= 0.3 is 0 Å². The van der Waals surface area contributed by atoms with E-state index in [1.165, 1.54) is 11.3 Å². The van der Waals surface area contributed by atoms with Crippen LogP contribution in [0.15, 0.2) is 36.1 Å². The quantitative estimate of drug-likeness (QED) is 0.885. The van der Waals surface area contributed by atoms with E-state index in [4.69, 9.17) is 0 Å². The molecule has 2 heterocycles. The summed E-state index contributed by atoms with van der Waals surface area (Å²) in [6.45, 7) is 0.656. The zero-order chi connectivity index (χ0) is 15.4. The van der Waals surface area contributed by atoms with Crippen molar-refractivity contribution in [1.82, 2.24) is 14.9 Å². The highest BCUT2D eigenvalue weighted by molar-refractivity contribution is 7.13. The summed E-state index contributed by atoms with van der Waals surface area (Å²) in [6.07, 6.45) is 7.03. The van der Waals surface area contributed by atoms with Crippen LogP contribution in [0, 0.1) is 5.92 Å². The second-order valence-electron chi connectivity index (χ2n) is 5.25. The fraction of sp³-hybridized carbons (Fsp3) is 0.333. The minimum Gasteiger partial charge on any atom is -0.329 e. The maximum atomic E-state index is 12.6. The van der Waals surface area contributed by atoms with Crippen LogP contribution in [-0.4, -0.2) is 39.8 Å². The van der Waals surface area contributed by atoms with E-state index in [1.54, 1.807) is 41.0 Å². The van der Waals surface area contributed by atoms with Gasteiger partial charge in [-0.15, -0.1) is 11.3 Å². The van der Waals surface area contributed by atoms with Gasteiger partial charge in [-0.05, 0) is 30.9 Å². The van der Waals surface area contributed by atoms with Gasteiger partial charge in [0.1, 0.15) is 6.54 Å². The van der Waals surface area contributed by atoms with Crippen molar-refractivity contribution in [3.8, 4) is 0 Å². The molecule has 6 nitrogen and oxygen atoms in total. The van der Waals surface area contributed by atoms with Gasteiger partial charge in [-0.3, -0.25) is 14.6 Å². The van der Waals surface area contributed by atoms with E-state index in [2.05, 4.69) is 15.3 Å². The summed E-state index contributed by atoms with van der Waals surface area (Å²) in [5.74, 6) is 0.153. The van der Waals surface area contributed by atoms with Crippen LogP contribution in [0.1, 0.15) is 23.2 Å². The largest absolute Gasteiger partial charge is 0.329 e. The highest BCUT2D eigenvalue weighted by Gasteiger charge is 2.28. The van der Waals surface area contributed by atoms with Gasteiger partial charge in [-0.25, -0.2) is 4.98 Å². The first-order chi connectivity index (χ1) is 10.7. The number of carbonyl (C=O) groups excluding carboxylic acids is 2. The number of thiazole rings is 1. The average molecular weight is 316 g/mol. The van der Waals surface area contributed by atoms with Gasteiger partial charge < -0.3 is 10.2 Å². The molecule has 0 atom stereocenters. The van der Waals surface area contributed by atoms with Gasteiger partial charge in [-0.2, -0.15) is 0 Å². The molecule has 0 spiro atoms. The van der Waals surface area contributed by atoms with Crippen molar-refractivity contribution in [3.05, 3.63) is 41.7 Å². The molecule has 22 heavy (non-hydrogen) atoms. The lowest BCUT2D eigenvalue weighted by Crippen LogP contribution is -2.39. The van der Waals surface area contributed by atoms with Crippen molar-refractivity contribution in [2.45, 2.75) is 12.8 Å². The number of aromatic nitrogens is 2. The molecule has 0 saturated heterocycles. The molecule has 2 amide bonds. The van der Waals surface area contributed by atoms with Crippen LogP contribution in [0.4, 0.5) is 5.13 Å². The van der Waals surface area contributed by atoms with Crippen molar-refractivity contribution >= 4 is 28.3 Å². The third-order valence-corrected chi connectivity index (χ3v) is 4.09. The number of hydrogen-bond donors (Lipinski definition) is 1. The second-order valence-corrected chi connectivity index (χ2v) is 6.14. The molecule has 1 N–H and O–H groups in total. The predicted octanol–water partition coefficient (Wildman–Crippen LogP) is 2.03. The Morgan fingerprint density at radius 2 is 2.05 bits per heavy atom. The highest BCUT2D eigenvalue weighted by Crippen LogP contribution is 2.30. The third-order valence-electron chi connectivity index (χ3n) is 3.40. The Bertz CT molecular complexity index is 641. The Hall–Kier alpha value is -2.28. The van der Waals surface area contributed by atoms with Crippen molar-refractivity contribution in [1.29, 1.82) is 0 Å². The molecule has 0 aromatic carbocycles. The van der Waals surface area contributed by atoms with Crippen LogP contribution in [0.5, 0.6) is 0 Å². The van der Waals surface area contributed by atoms with Crippen LogP contribution < -0.4 is 5.32 Å². The Morgan fingerprint density at radius 3 is 2.68 bits per heavy atom. The average Bonchev–Trinajstić information content (AvgIpc) is 3.21. The van der Waals surface area contributed by atoms with Crippen LogP contribution in [0.3, 0.4) is 0 Å². The minimum absolute atomic E-state index is 0.0389. The molecule has 0 bridgehead atoms. The predicted molar refractivity (Wildman–Crippen MR) is 83.6 cm³/mol. The summed E-state index contributed by atoms with van der Waals surface area (Å²) >= 11 is 1.35. The Labute approximate surface area is 132 Å². The molecule has 2 aromatic rings. The van der Waals surface area contributed by atoms with Crippen LogP contribution in [0.25, 0.3) is 0 Å². The lowest BCUT2D eigenvalue weighted by Gasteiger charge is -2.21. The smallest absolute Gasteiger partial charge is 0.254 e. The summed E-state index contributed by atoms with van der Waals surface area (Å²) in [6, 6.07) is 3.34. The van der Waals surface area contributed by atoms with Gasteiger partial charge in [0.05, 0.1) is 0 Å².